The third-order valence-electron chi connectivity index (χ3n) is 1.05. The average molecular weight is 222 g/mol. The Morgan fingerprint density at radius 2 is 1.57 bits per heavy atom. The van der Waals surface area contributed by atoms with Crippen LogP contribution in [0.15, 0.2) is 18.2 Å². The molecule has 0 unspecified atom stereocenters. The molecule has 0 saturated carbocycles. The van der Waals surface area contributed by atoms with Crippen LogP contribution in [0.1, 0.15) is 0 Å². The first-order valence-corrected chi connectivity index (χ1v) is 4.63. The molecule has 0 aliphatic rings. The van der Waals surface area contributed by atoms with E-state index in [1.54, 1.807) is 6.07 Å². The summed E-state index contributed by atoms with van der Waals surface area (Å²) in [5, 5.41) is 8.86. The maximum Gasteiger partial charge on any atom is 0.394 e. The zero-order chi connectivity index (χ0) is 11.4. The van der Waals surface area contributed by atoms with Crippen molar-refractivity contribution in [1.82, 2.24) is 0 Å². The molecule has 0 saturated heterocycles. The molecule has 0 aliphatic carbocycles. The first kappa shape index (κ1) is 12.5. The van der Waals surface area contributed by atoms with Crippen LogP contribution < -0.4 is 11.5 Å². The largest absolute Gasteiger partial charge is 0.506 e. The number of aromatic hydroxyl groups is 1. The van der Waals surface area contributed by atoms with Crippen molar-refractivity contribution in [2.75, 3.05) is 11.5 Å². The van der Waals surface area contributed by atoms with Crippen LogP contribution in [0.2, 0.25) is 0 Å². The molecule has 0 heterocycles. The van der Waals surface area contributed by atoms with Gasteiger partial charge in [-0.05, 0) is 18.2 Å². The Balaban J connectivity index is 0.000000292. The van der Waals surface area contributed by atoms with Gasteiger partial charge in [-0.2, -0.15) is 8.42 Å². The second-order valence-corrected chi connectivity index (χ2v) is 3.16. The predicted molar refractivity (Wildman–Crippen MR) is 51.1 cm³/mol. The van der Waals surface area contributed by atoms with E-state index in [1.807, 2.05) is 0 Å². The minimum atomic E-state index is -4.67. The molecule has 0 aliphatic heterocycles. The topological polar surface area (TPSA) is 147 Å². The van der Waals surface area contributed by atoms with Crippen molar-refractivity contribution in [1.29, 1.82) is 0 Å². The number of nitrogen functional groups attached to an aromatic ring is 2. The number of nitrogens with two attached hydrogens (primary N) is 2. The van der Waals surface area contributed by atoms with E-state index in [2.05, 4.69) is 0 Å². The van der Waals surface area contributed by atoms with E-state index < -0.39 is 10.4 Å². The van der Waals surface area contributed by atoms with Gasteiger partial charge in [0, 0.05) is 5.69 Å². The Labute approximate surface area is 80.5 Å². The van der Waals surface area contributed by atoms with Crippen molar-refractivity contribution in [3.63, 3.8) is 0 Å². The van der Waals surface area contributed by atoms with Gasteiger partial charge >= 0.3 is 10.4 Å². The van der Waals surface area contributed by atoms with Crippen molar-refractivity contribution < 1.29 is 22.6 Å². The monoisotopic (exact) mass is 222 g/mol. The maximum atomic E-state index is 8.86. The first-order chi connectivity index (χ1) is 6.20. The molecule has 0 fully saturated rings. The van der Waals surface area contributed by atoms with Gasteiger partial charge in [0.25, 0.3) is 0 Å². The molecule has 0 radical (unpaired) electrons. The van der Waals surface area contributed by atoms with Crippen LogP contribution in [0.5, 0.6) is 5.75 Å². The van der Waals surface area contributed by atoms with E-state index in [9.17, 15) is 0 Å². The zero-order valence-electron chi connectivity index (χ0n) is 6.95. The van der Waals surface area contributed by atoms with Crippen molar-refractivity contribution in [3.8, 4) is 5.75 Å². The van der Waals surface area contributed by atoms with Gasteiger partial charge in [-0.1, -0.05) is 0 Å². The molecule has 1 aromatic carbocycles. The summed E-state index contributed by atoms with van der Waals surface area (Å²) in [6.07, 6.45) is 0. The molecule has 7 N–H and O–H groups in total. The lowest BCUT2D eigenvalue weighted by Gasteiger charge is -1.97. The molecule has 0 bridgehead atoms. The SMILES string of the molecule is Nc1ccc(O)c(N)c1.O=S(=O)(O)O. The first-order valence-electron chi connectivity index (χ1n) is 3.24. The second kappa shape index (κ2) is 4.65. The summed E-state index contributed by atoms with van der Waals surface area (Å²) >= 11 is 0. The van der Waals surface area contributed by atoms with E-state index in [0.29, 0.717) is 11.4 Å². The average Bonchev–Trinajstić information content (AvgIpc) is 1.94. The van der Waals surface area contributed by atoms with Crippen LogP contribution in [0.4, 0.5) is 11.4 Å². The van der Waals surface area contributed by atoms with Crippen LogP contribution in [0.25, 0.3) is 0 Å². The smallest absolute Gasteiger partial charge is 0.394 e. The number of anilines is 2. The number of rotatable bonds is 0. The van der Waals surface area contributed by atoms with Gasteiger partial charge in [-0.25, -0.2) is 0 Å². The van der Waals surface area contributed by atoms with E-state index in [1.165, 1.54) is 12.1 Å². The highest BCUT2D eigenvalue weighted by Crippen LogP contribution is 2.20. The lowest BCUT2D eigenvalue weighted by atomic mass is 10.3. The van der Waals surface area contributed by atoms with Gasteiger partial charge in [0.2, 0.25) is 0 Å². The van der Waals surface area contributed by atoms with Gasteiger partial charge in [-0.3, -0.25) is 9.11 Å². The summed E-state index contributed by atoms with van der Waals surface area (Å²) in [6.45, 7) is 0. The highest BCUT2D eigenvalue weighted by molar-refractivity contribution is 7.79. The molecular weight excluding hydrogens is 212 g/mol. The molecule has 7 nitrogen and oxygen atoms in total. The number of phenols is 1. The lowest BCUT2D eigenvalue weighted by Crippen LogP contribution is -1.89. The van der Waals surface area contributed by atoms with Crippen LogP contribution in [0, 0.1) is 0 Å². The highest BCUT2D eigenvalue weighted by atomic mass is 32.3. The summed E-state index contributed by atoms with van der Waals surface area (Å²) in [5.41, 5.74) is 11.5. The van der Waals surface area contributed by atoms with Gasteiger partial charge in [-0.15, -0.1) is 0 Å². The molecule has 80 valence electrons. The molecule has 0 atom stereocenters. The van der Waals surface area contributed by atoms with Gasteiger partial charge < -0.3 is 16.6 Å². The molecule has 1 rings (SSSR count). The Bertz CT molecular complexity index is 395. The fourth-order valence-corrected chi connectivity index (χ4v) is 0.573. The normalized spacial score (nSPS) is 10.1. The third-order valence-corrected chi connectivity index (χ3v) is 1.05. The number of benzene rings is 1. The number of hydrogen-bond acceptors (Lipinski definition) is 5. The lowest BCUT2D eigenvalue weighted by molar-refractivity contribution is 0.381. The van der Waals surface area contributed by atoms with Crippen molar-refractivity contribution in [2.45, 2.75) is 0 Å². The Kier molecular flexibility index (Phi) is 4.15. The zero-order valence-corrected chi connectivity index (χ0v) is 7.77. The van der Waals surface area contributed by atoms with Crippen LogP contribution in [-0.4, -0.2) is 22.6 Å². The predicted octanol–water partition coefficient (Wildman–Crippen LogP) is -0.0962. The fourth-order valence-electron chi connectivity index (χ4n) is 0.573. The summed E-state index contributed by atoms with van der Waals surface area (Å²) < 4.78 is 31.6. The van der Waals surface area contributed by atoms with E-state index in [4.69, 9.17) is 34.1 Å². The fraction of sp³-hybridized carbons (Fsp3) is 0. The minimum Gasteiger partial charge on any atom is -0.506 e. The maximum absolute atomic E-state index is 8.86. The minimum absolute atomic E-state index is 0.0733. The molecule has 0 spiro atoms. The Morgan fingerprint density at radius 3 is 1.86 bits per heavy atom. The molecule has 0 amide bonds. The number of hydrogen-bond donors (Lipinski definition) is 5. The van der Waals surface area contributed by atoms with Crippen molar-refractivity contribution in [3.05, 3.63) is 18.2 Å². The summed E-state index contributed by atoms with van der Waals surface area (Å²) in [6, 6.07) is 4.56. The second-order valence-electron chi connectivity index (χ2n) is 2.27. The quantitative estimate of drug-likeness (QED) is 0.178. The van der Waals surface area contributed by atoms with Gasteiger partial charge in [0.1, 0.15) is 5.75 Å². The van der Waals surface area contributed by atoms with E-state index in [0.717, 1.165) is 0 Å². The van der Waals surface area contributed by atoms with Gasteiger partial charge in [0.15, 0.2) is 0 Å². The summed E-state index contributed by atoms with van der Waals surface area (Å²) in [7, 11) is -4.67. The number of phenolic OH excluding ortho intramolecular Hbond substituents is 1. The van der Waals surface area contributed by atoms with E-state index >= 15 is 0 Å². The Hall–Kier alpha value is -1.51. The third kappa shape index (κ3) is 7.16. The van der Waals surface area contributed by atoms with E-state index in [-0.39, 0.29) is 5.75 Å². The molecule has 0 aromatic heterocycles. The highest BCUT2D eigenvalue weighted by Gasteiger charge is 1.93. The van der Waals surface area contributed by atoms with Crippen LogP contribution in [0.3, 0.4) is 0 Å². The van der Waals surface area contributed by atoms with Crippen LogP contribution >= 0.6 is 0 Å². The van der Waals surface area contributed by atoms with Crippen LogP contribution in [-0.2, 0) is 10.4 Å². The summed E-state index contributed by atoms with van der Waals surface area (Å²) in [4.78, 5) is 0. The summed E-state index contributed by atoms with van der Waals surface area (Å²) in [5.74, 6) is 0.0733. The Morgan fingerprint density at radius 1 is 1.14 bits per heavy atom. The van der Waals surface area contributed by atoms with Crippen molar-refractivity contribution >= 4 is 21.8 Å². The van der Waals surface area contributed by atoms with Crippen molar-refractivity contribution in [2.24, 2.45) is 0 Å². The molecule has 1 aromatic rings. The molecule has 14 heavy (non-hydrogen) atoms. The molecule has 8 heteroatoms. The van der Waals surface area contributed by atoms with Gasteiger partial charge in [0.05, 0.1) is 5.69 Å². The molecular formula is C6H10N2O5S. The standard InChI is InChI=1S/C6H8N2O.H2O4S/c7-4-1-2-6(9)5(8)3-4;1-5(2,3)4/h1-3,9H,7-8H2;(H2,1,2,3,4).